The number of likely N-dealkylation sites (N-methyl/N-ethyl adjacent to an activating group) is 1. The number of aromatic nitrogens is 2. The first-order chi connectivity index (χ1) is 9.18. The smallest absolute Gasteiger partial charge is 0.260 e. The fraction of sp³-hybridized carbons (Fsp3) is 0.714. The van der Waals surface area contributed by atoms with Crippen LogP contribution in [-0.2, 0) is 11.8 Å². The summed E-state index contributed by atoms with van der Waals surface area (Å²) in [7, 11) is 3.62. The molecule has 1 heterocycles. The largest absolute Gasteiger partial charge is 0.480 e. The molecule has 0 aliphatic carbocycles. The van der Waals surface area contributed by atoms with Gasteiger partial charge in [0.1, 0.15) is 5.69 Å². The van der Waals surface area contributed by atoms with Crippen molar-refractivity contribution in [2.45, 2.75) is 27.7 Å². The molecule has 0 bridgehead atoms. The number of hydrogen-bond acceptors (Lipinski definition) is 4. The zero-order valence-electron chi connectivity index (χ0n) is 13.4. The Morgan fingerprint density at radius 1 is 1.45 bits per heavy atom. The molecule has 1 amide bonds. The van der Waals surface area contributed by atoms with E-state index in [2.05, 4.69) is 5.10 Å². The molecule has 6 heteroatoms. The number of amides is 1. The average molecular weight is 282 g/mol. The molecule has 0 atom stereocenters. The Balaban J connectivity index is 2.59. The molecule has 6 nitrogen and oxygen atoms in total. The Kier molecular flexibility index (Phi) is 5.16. The predicted molar refractivity (Wildman–Crippen MR) is 78.6 cm³/mol. The normalized spacial score (nSPS) is 11.6. The number of nitrogens with zero attached hydrogens (tertiary/aromatic N) is 3. The molecule has 0 unspecified atom stereocenters. The Labute approximate surface area is 120 Å². The second kappa shape index (κ2) is 6.26. The number of nitrogens with two attached hydrogens (primary N) is 1. The minimum absolute atomic E-state index is 0.0184. The van der Waals surface area contributed by atoms with Crippen LogP contribution < -0.4 is 10.5 Å². The second-order valence-corrected chi connectivity index (χ2v) is 6.03. The Hall–Kier alpha value is -1.56. The molecule has 1 aromatic rings. The number of hydrogen-bond donors (Lipinski definition) is 1. The van der Waals surface area contributed by atoms with Crippen LogP contribution in [0.1, 0.15) is 25.2 Å². The van der Waals surface area contributed by atoms with Gasteiger partial charge in [0.15, 0.2) is 12.4 Å². The Bertz CT molecular complexity index is 480. The van der Waals surface area contributed by atoms with Gasteiger partial charge in [-0.1, -0.05) is 13.8 Å². The van der Waals surface area contributed by atoms with Gasteiger partial charge < -0.3 is 15.4 Å². The third-order valence-electron chi connectivity index (χ3n) is 3.43. The maximum Gasteiger partial charge on any atom is 0.260 e. The van der Waals surface area contributed by atoms with Crippen molar-refractivity contribution in [1.82, 2.24) is 14.7 Å². The van der Waals surface area contributed by atoms with Crippen LogP contribution in [0.4, 0.5) is 0 Å². The third-order valence-corrected chi connectivity index (χ3v) is 3.43. The van der Waals surface area contributed by atoms with E-state index in [1.165, 1.54) is 0 Å². The molecule has 1 aromatic heterocycles. The predicted octanol–water partition coefficient (Wildman–Crippen LogP) is 0.859. The van der Waals surface area contributed by atoms with Gasteiger partial charge in [0, 0.05) is 20.6 Å². The Morgan fingerprint density at radius 3 is 2.50 bits per heavy atom. The highest BCUT2D eigenvalue weighted by Crippen LogP contribution is 2.21. The first-order valence-corrected chi connectivity index (χ1v) is 6.75. The maximum absolute atomic E-state index is 12.1. The Morgan fingerprint density at radius 2 is 2.05 bits per heavy atom. The summed E-state index contributed by atoms with van der Waals surface area (Å²) in [5, 5.41) is 4.26. The van der Waals surface area contributed by atoms with E-state index >= 15 is 0 Å². The summed E-state index contributed by atoms with van der Waals surface area (Å²) in [6, 6.07) is 0. The van der Waals surface area contributed by atoms with Crippen LogP contribution in [0.25, 0.3) is 0 Å². The molecule has 1 rings (SSSR count). The van der Waals surface area contributed by atoms with Crippen molar-refractivity contribution >= 4 is 5.91 Å². The molecule has 0 spiro atoms. The molecule has 0 aliphatic heterocycles. The van der Waals surface area contributed by atoms with Crippen molar-refractivity contribution in [2.75, 3.05) is 26.7 Å². The molecule has 0 saturated carbocycles. The summed E-state index contributed by atoms with van der Waals surface area (Å²) in [5.74, 6) is 0.626. The van der Waals surface area contributed by atoms with Gasteiger partial charge in [-0.15, -0.1) is 0 Å². The SMILES string of the molecule is Cc1nn(C)c(C)c1OCC(=O)N(C)CC(C)(C)CN. The van der Waals surface area contributed by atoms with Crippen LogP contribution in [-0.4, -0.2) is 47.3 Å². The minimum Gasteiger partial charge on any atom is -0.480 e. The molecule has 2 N–H and O–H groups in total. The first kappa shape index (κ1) is 16.5. The molecule has 0 aromatic carbocycles. The van der Waals surface area contributed by atoms with Gasteiger partial charge >= 0.3 is 0 Å². The lowest BCUT2D eigenvalue weighted by molar-refractivity contribution is -0.133. The monoisotopic (exact) mass is 282 g/mol. The van der Waals surface area contributed by atoms with E-state index < -0.39 is 0 Å². The minimum atomic E-state index is -0.0927. The summed E-state index contributed by atoms with van der Waals surface area (Å²) in [4.78, 5) is 13.7. The highest BCUT2D eigenvalue weighted by molar-refractivity contribution is 5.77. The molecule has 0 fully saturated rings. The highest BCUT2D eigenvalue weighted by Gasteiger charge is 2.22. The van der Waals surface area contributed by atoms with Crippen molar-refractivity contribution in [3.8, 4) is 5.75 Å². The first-order valence-electron chi connectivity index (χ1n) is 6.75. The van der Waals surface area contributed by atoms with Gasteiger partial charge in [0.05, 0.1) is 5.69 Å². The van der Waals surface area contributed by atoms with Crippen LogP contribution in [0.5, 0.6) is 5.75 Å². The van der Waals surface area contributed by atoms with Crippen molar-refractivity contribution in [2.24, 2.45) is 18.2 Å². The maximum atomic E-state index is 12.1. The van der Waals surface area contributed by atoms with Gasteiger partial charge in [0.25, 0.3) is 5.91 Å². The van der Waals surface area contributed by atoms with Crippen LogP contribution >= 0.6 is 0 Å². The molecule has 114 valence electrons. The van der Waals surface area contributed by atoms with E-state index in [1.54, 1.807) is 16.6 Å². The van der Waals surface area contributed by atoms with Crippen LogP contribution in [0.15, 0.2) is 0 Å². The van der Waals surface area contributed by atoms with Crippen LogP contribution in [0, 0.1) is 19.3 Å². The van der Waals surface area contributed by atoms with E-state index in [-0.39, 0.29) is 17.9 Å². The zero-order valence-corrected chi connectivity index (χ0v) is 13.4. The molecule has 0 aliphatic rings. The van der Waals surface area contributed by atoms with Crippen LogP contribution in [0.3, 0.4) is 0 Å². The van der Waals surface area contributed by atoms with E-state index in [0.717, 1.165) is 11.4 Å². The van der Waals surface area contributed by atoms with E-state index in [4.69, 9.17) is 10.5 Å². The van der Waals surface area contributed by atoms with Gasteiger partial charge in [-0.2, -0.15) is 5.10 Å². The van der Waals surface area contributed by atoms with Crippen molar-refractivity contribution in [1.29, 1.82) is 0 Å². The molecule has 20 heavy (non-hydrogen) atoms. The lowest BCUT2D eigenvalue weighted by Crippen LogP contribution is -2.41. The standard InChI is InChI=1S/C14H26N4O2/c1-10-13(11(2)18(6)16-10)20-7-12(19)17(5)9-14(3,4)8-15/h7-9,15H2,1-6H3. The highest BCUT2D eigenvalue weighted by atomic mass is 16.5. The molecular formula is C14H26N4O2. The van der Waals surface area contributed by atoms with Crippen molar-refractivity contribution in [3.05, 3.63) is 11.4 Å². The summed E-state index contributed by atoms with van der Waals surface area (Å²) in [5.41, 5.74) is 7.30. The van der Waals surface area contributed by atoms with Crippen molar-refractivity contribution in [3.63, 3.8) is 0 Å². The summed E-state index contributed by atoms with van der Waals surface area (Å²) < 4.78 is 7.36. The number of rotatable bonds is 6. The van der Waals surface area contributed by atoms with Gasteiger partial charge in [0.2, 0.25) is 0 Å². The second-order valence-electron chi connectivity index (χ2n) is 6.03. The lowest BCUT2D eigenvalue weighted by Gasteiger charge is -2.29. The van der Waals surface area contributed by atoms with Gasteiger partial charge in [-0.25, -0.2) is 0 Å². The molecule has 0 radical (unpaired) electrons. The van der Waals surface area contributed by atoms with Crippen LogP contribution in [0.2, 0.25) is 0 Å². The summed E-state index contributed by atoms with van der Waals surface area (Å²) in [6.07, 6.45) is 0. The average Bonchev–Trinajstić information content (AvgIpc) is 2.60. The van der Waals surface area contributed by atoms with E-state index in [1.807, 2.05) is 34.7 Å². The lowest BCUT2D eigenvalue weighted by atomic mass is 9.93. The van der Waals surface area contributed by atoms with Gasteiger partial charge in [-0.05, 0) is 25.8 Å². The topological polar surface area (TPSA) is 73.4 Å². The van der Waals surface area contributed by atoms with E-state index in [9.17, 15) is 4.79 Å². The number of aryl methyl sites for hydroxylation is 2. The quantitative estimate of drug-likeness (QED) is 0.840. The fourth-order valence-electron chi connectivity index (χ4n) is 2.00. The number of carbonyl (C=O) groups excluding carboxylic acids is 1. The molecule has 0 saturated heterocycles. The molecular weight excluding hydrogens is 256 g/mol. The van der Waals surface area contributed by atoms with Gasteiger partial charge in [-0.3, -0.25) is 9.48 Å². The van der Waals surface area contributed by atoms with Crippen molar-refractivity contribution < 1.29 is 9.53 Å². The fourth-order valence-corrected chi connectivity index (χ4v) is 2.00. The zero-order chi connectivity index (χ0) is 15.5. The summed E-state index contributed by atoms with van der Waals surface area (Å²) in [6.45, 7) is 9.02. The third kappa shape index (κ3) is 3.96. The number of ether oxygens (including phenoxy) is 1. The number of carbonyl (C=O) groups is 1. The summed E-state index contributed by atoms with van der Waals surface area (Å²) >= 11 is 0. The van der Waals surface area contributed by atoms with E-state index in [0.29, 0.717) is 18.8 Å².